The number of methoxy groups -OCH3 is 2. The van der Waals surface area contributed by atoms with Crippen molar-refractivity contribution < 1.29 is 18.9 Å². The molecule has 204 valence electrons. The summed E-state index contributed by atoms with van der Waals surface area (Å²) in [6, 6.07) is 13.5. The molecule has 2 aromatic carbocycles. The average Bonchev–Trinajstić information content (AvgIpc) is 3.68. The molecule has 38 heavy (non-hydrogen) atoms. The molecule has 0 radical (unpaired) electrons. The van der Waals surface area contributed by atoms with Crippen LogP contribution < -0.4 is 14.2 Å². The molecule has 5 aliphatic rings. The van der Waals surface area contributed by atoms with Gasteiger partial charge in [0.1, 0.15) is 6.10 Å². The monoisotopic (exact) mass is 536 g/mol. The van der Waals surface area contributed by atoms with Gasteiger partial charge in [-0.1, -0.05) is 30.1 Å². The number of rotatable bonds is 10. The van der Waals surface area contributed by atoms with Crippen molar-refractivity contribution >= 4 is 17.6 Å². The van der Waals surface area contributed by atoms with E-state index in [1.165, 1.54) is 36.1 Å². The van der Waals surface area contributed by atoms with Gasteiger partial charge in [0.05, 0.1) is 26.4 Å². The fourth-order valence-corrected chi connectivity index (χ4v) is 8.68. The van der Waals surface area contributed by atoms with Gasteiger partial charge in [0.25, 0.3) is 0 Å². The van der Waals surface area contributed by atoms with E-state index in [4.69, 9.17) is 18.9 Å². The number of benzene rings is 2. The van der Waals surface area contributed by atoms with Gasteiger partial charge < -0.3 is 23.7 Å². The molecule has 6 nitrogen and oxygen atoms in total. The van der Waals surface area contributed by atoms with Gasteiger partial charge >= 0.3 is 0 Å². The van der Waals surface area contributed by atoms with E-state index in [-0.39, 0.29) is 17.6 Å². The molecule has 6 unspecified atom stereocenters. The SMILES string of the molecule is COc1ccc2c3c1OC1C(OC)C(COCc4cccc(NSC)c4)CC4C(C2)N(CC2CC2)CCC341. The van der Waals surface area contributed by atoms with Gasteiger partial charge in [0, 0.05) is 48.5 Å². The second kappa shape index (κ2) is 9.92. The van der Waals surface area contributed by atoms with Gasteiger partial charge in [0.15, 0.2) is 11.5 Å². The number of anilines is 1. The molecule has 3 aliphatic carbocycles. The van der Waals surface area contributed by atoms with Crippen molar-refractivity contribution in [1.29, 1.82) is 0 Å². The van der Waals surface area contributed by atoms with Crippen LogP contribution in [0.25, 0.3) is 0 Å². The quantitative estimate of drug-likeness (QED) is 0.414. The third kappa shape index (κ3) is 3.95. The highest BCUT2D eigenvalue weighted by atomic mass is 32.2. The van der Waals surface area contributed by atoms with Gasteiger partial charge in [-0.25, -0.2) is 0 Å². The Morgan fingerprint density at radius 2 is 2.08 bits per heavy atom. The Bertz CT molecular complexity index is 1190. The van der Waals surface area contributed by atoms with Crippen molar-refractivity contribution in [1.82, 2.24) is 4.90 Å². The Hall–Kier alpha value is -1.93. The fraction of sp³-hybridized carbons (Fsp3) is 0.613. The molecular formula is C31H40N2O4S. The summed E-state index contributed by atoms with van der Waals surface area (Å²) in [5, 5.41) is 0. The van der Waals surface area contributed by atoms with Crippen LogP contribution in [0.15, 0.2) is 36.4 Å². The average molecular weight is 537 g/mol. The van der Waals surface area contributed by atoms with Crippen LogP contribution in [0.2, 0.25) is 0 Å². The summed E-state index contributed by atoms with van der Waals surface area (Å²) < 4.78 is 28.8. The van der Waals surface area contributed by atoms with Crippen molar-refractivity contribution in [2.24, 2.45) is 17.8 Å². The molecule has 7 rings (SSSR count). The van der Waals surface area contributed by atoms with Gasteiger partial charge in [-0.2, -0.15) is 0 Å². The van der Waals surface area contributed by atoms with Gasteiger partial charge in [-0.3, -0.25) is 4.90 Å². The summed E-state index contributed by atoms with van der Waals surface area (Å²) in [4.78, 5) is 2.84. The zero-order valence-electron chi connectivity index (χ0n) is 22.8. The van der Waals surface area contributed by atoms with Crippen LogP contribution in [-0.4, -0.2) is 63.3 Å². The number of hydrogen-bond donors (Lipinski definition) is 1. The molecule has 2 aromatic rings. The molecular weight excluding hydrogens is 496 g/mol. The highest BCUT2D eigenvalue weighted by Gasteiger charge is 2.67. The Kier molecular flexibility index (Phi) is 6.54. The van der Waals surface area contributed by atoms with Crippen molar-refractivity contribution in [2.75, 3.05) is 44.9 Å². The first kappa shape index (κ1) is 25.1. The summed E-state index contributed by atoms with van der Waals surface area (Å²) in [7, 11) is 3.62. The minimum Gasteiger partial charge on any atom is -0.493 e. The van der Waals surface area contributed by atoms with E-state index in [1.54, 1.807) is 19.1 Å². The van der Waals surface area contributed by atoms with Crippen molar-refractivity contribution in [3.05, 3.63) is 53.1 Å². The highest BCUT2D eigenvalue weighted by Crippen LogP contribution is 2.65. The Morgan fingerprint density at radius 3 is 2.87 bits per heavy atom. The summed E-state index contributed by atoms with van der Waals surface area (Å²) in [6.07, 6.45) is 8.21. The van der Waals surface area contributed by atoms with Crippen molar-refractivity contribution in [2.45, 2.75) is 62.4 Å². The number of ether oxygens (including phenoxy) is 4. The van der Waals surface area contributed by atoms with E-state index >= 15 is 0 Å². The van der Waals surface area contributed by atoms with Gasteiger partial charge in [-0.05, 0) is 79.8 Å². The smallest absolute Gasteiger partial charge is 0.165 e. The number of nitrogens with one attached hydrogen (secondary N) is 1. The maximum absolute atomic E-state index is 6.94. The minimum atomic E-state index is -0.00516. The van der Waals surface area contributed by atoms with Crippen LogP contribution in [0.3, 0.4) is 0 Å². The standard InChI is InChI=1S/C31H40N2O4S/c1-34-26-10-9-21-15-25-24-14-22(18-36-17-20-5-4-6-23(13-20)32-38-3)28(35-2)30-31(24,27(21)29(26)37-30)11-12-33(25)16-19-7-8-19/h4-6,9-10,13,19,22,24-25,28,30,32H,7-8,11-12,14-18H2,1-3H3. The molecule has 1 spiro atoms. The first-order chi connectivity index (χ1) is 18.7. The topological polar surface area (TPSA) is 52.2 Å². The lowest BCUT2D eigenvalue weighted by atomic mass is 9.49. The molecule has 2 saturated carbocycles. The summed E-state index contributed by atoms with van der Waals surface area (Å²) in [5.41, 5.74) is 5.22. The van der Waals surface area contributed by atoms with E-state index in [2.05, 4.69) is 46.0 Å². The Labute approximate surface area is 230 Å². The molecule has 7 heteroatoms. The summed E-state index contributed by atoms with van der Waals surface area (Å²) in [6.45, 7) is 3.70. The predicted molar refractivity (Wildman–Crippen MR) is 151 cm³/mol. The third-order valence-electron chi connectivity index (χ3n) is 10.0. The number of hydrogen-bond acceptors (Lipinski definition) is 7. The molecule has 0 amide bonds. The van der Waals surface area contributed by atoms with E-state index in [9.17, 15) is 0 Å². The van der Waals surface area contributed by atoms with E-state index < -0.39 is 0 Å². The molecule has 2 heterocycles. The van der Waals surface area contributed by atoms with Gasteiger partial charge in [-0.15, -0.1) is 0 Å². The van der Waals surface area contributed by atoms with E-state index in [0.717, 1.165) is 48.9 Å². The van der Waals surface area contributed by atoms with E-state index in [1.807, 2.05) is 13.4 Å². The minimum absolute atomic E-state index is 0.00452. The highest BCUT2D eigenvalue weighted by molar-refractivity contribution is 7.99. The predicted octanol–water partition coefficient (Wildman–Crippen LogP) is 5.29. The largest absolute Gasteiger partial charge is 0.493 e. The first-order valence-corrected chi connectivity index (χ1v) is 15.5. The maximum atomic E-state index is 6.94. The lowest BCUT2D eigenvalue weighted by Crippen LogP contribution is -2.69. The third-order valence-corrected chi connectivity index (χ3v) is 10.5. The lowest BCUT2D eigenvalue weighted by Gasteiger charge is -2.61. The molecule has 6 atom stereocenters. The zero-order valence-corrected chi connectivity index (χ0v) is 23.6. The normalized spacial score (nSPS) is 33.0. The van der Waals surface area contributed by atoms with Crippen LogP contribution in [-0.2, 0) is 27.9 Å². The number of nitrogens with zero attached hydrogens (tertiary/aromatic N) is 1. The molecule has 2 bridgehead atoms. The van der Waals surface area contributed by atoms with Crippen LogP contribution in [0.1, 0.15) is 42.4 Å². The second-order valence-corrected chi connectivity index (χ2v) is 12.6. The number of piperidine rings is 1. The molecule has 3 fully saturated rings. The zero-order chi connectivity index (χ0) is 25.9. The van der Waals surface area contributed by atoms with Gasteiger partial charge in [0.2, 0.25) is 0 Å². The lowest BCUT2D eigenvalue weighted by molar-refractivity contribution is -0.154. The molecule has 1 N–H and O–H groups in total. The second-order valence-electron chi connectivity index (χ2n) is 12.0. The van der Waals surface area contributed by atoms with E-state index in [0.29, 0.717) is 31.1 Å². The van der Waals surface area contributed by atoms with Crippen molar-refractivity contribution in [3.8, 4) is 11.5 Å². The van der Waals surface area contributed by atoms with Crippen LogP contribution >= 0.6 is 11.9 Å². The maximum Gasteiger partial charge on any atom is 0.165 e. The summed E-state index contributed by atoms with van der Waals surface area (Å²) >= 11 is 1.61. The summed E-state index contributed by atoms with van der Waals surface area (Å²) in [5.74, 6) is 3.59. The Balaban J connectivity index is 1.18. The van der Waals surface area contributed by atoms with Crippen molar-refractivity contribution in [3.63, 3.8) is 0 Å². The van der Waals surface area contributed by atoms with Crippen LogP contribution in [0, 0.1) is 17.8 Å². The fourth-order valence-electron chi connectivity index (χ4n) is 8.32. The first-order valence-electron chi connectivity index (χ1n) is 14.3. The number of likely N-dealkylation sites (tertiary alicyclic amines) is 1. The Morgan fingerprint density at radius 1 is 1.18 bits per heavy atom. The molecule has 2 aliphatic heterocycles. The molecule has 0 aromatic heterocycles. The van der Waals surface area contributed by atoms with Crippen LogP contribution in [0.4, 0.5) is 5.69 Å². The molecule has 1 saturated heterocycles. The van der Waals surface area contributed by atoms with Crippen LogP contribution in [0.5, 0.6) is 11.5 Å².